The lowest BCUT2D eigenvalue weighted by Crippen LogP contribution is -2.59. The number of alkyl carbamates (subject to hydrolysis) is 1. The molecule has 7 atom stereocenters. The zero-order chi connectivity index (χ0) is 39.0. The summed E-state index contributed by atoms with van der Waals surface area (Å²) in [5.41, 5.74) is -1.77. The molecule has 7 unspecified atom stereocenters. The van der Waals surface area contributed by atoms with Crippen LogP contribution in [0.5, 0.6) is 11.6 Å². The largest absolute Gasteiger partial charge is 0.497 e. The van der Waals surface area contributed by atoms with Gasteiger partial charge in [0, 0.05) is 18.4 Å². The monoisotopic (exact) mass is 768 g/mol. The Kier molecular flexibility index (Phi) is 11.1. The minimum atomic E-state index is -3.90. The third-order valence-corrected chi connectivity index (χ3v) is 12.6. The first kappa shape index (κ1) is 39.2. The van der Waals surface area contributed by atoms with Crippen molar-refractivity contribution in [3.05, 3.63) is 36.7 Å². The van der Waals surface area contributed by atoms with Gasteiger partial charge in [0.1, 0.15) is 41.4 Å². The second-order valence-electron chi connectivity index (χ2n) is 16.1. The molecule has 2 aliphatic heterocycles. The first-order valence-corrected chi connectivity index (χ1v) is 20.4. The molecule has 294 valence electrons. The van der Waals surface area contributed by atoms with Gasteiger partial charge in [-0.1, -0.05) is 32.4 Å². The Morgan fingerprint density at radius 2 is 1.87 bits per heavy atom. The molecule has 16 heteroatoms. The van der Waals surface area contributed by atoms with E-state index in [9.17, 15) is 27.6 Å². The molecule has 0 bridgehead atoms. The summed E-state index contributed by atoms with van der Waals surface area (Å²) < 4.78 is 45.3. The Balaban J connectivity index is 1.36. The average Bonchev–Trinajstić information content (AvgIpc) is 4.03. The van der Waals surface area contributed by atoms with Crippen molar-refractivity contribution in [3.63, 3.8) is 0 Å². The van der Waals surface area contributed by atoms with E-state index in [2.05, 4.69) is 32.2 Å². The molecule has 0 radical (unpaired) electrons. The van der Waals surface area contributed by atoms with Crippen LogP contribution < -0.4 is 24.8 Å². The lowest BCUT2D eigenvalue weighted by atomic mass is 9.85. The van der Waals surface area contributed by atoms with Crippen LogP contribution in [0.1, 0.15) is 86.0 Å². The minimum Gasteiger partial charge on any atom is -0.497 e. The molecule has 3 heterocycles. The standard InChI is InChI=1S/C38H52N6O9S/c1-7-23-16-22(2)10-8-9-11-24-19-38(24,35(47)43-54(49,50)27-13-14-27)42-32(45)30-18-26(20-44(30)34(46)31(23)41-36(48)53-37(3,4)5)52-33-28-15-12-25(51-6)17-29(28)39-21-40-33/h9,11-12,15,17,21-24,26-27,30-31H,7-8,10,13-14,16,18-20H2,1-6H3,(H,41,48)(H,42,45)(H,43,47). The maximum Gasteiger partial charge on any atom is 0.408 e. The Bertz CT molecular complexity index is 1910. The summed E-state index contributed by atoms with van der Waals surface area (Å²) in [6, 6.07) is 3.09. The fraction of sp³-hybridized carbons (Fsp3) is 0.632. The summed E-state index contributed by atoms with van der Waals surface area (Å²) in [5, 5.41) is 5.71. The number of hydrogen-bond donors (Lipinski definition) is 3. The van der Waals surface area contributed by atoms with Gasteiger partial charge in [-0.2, -0.15) is 0 Å². The Morgan fingerprint density at radius 1 is 1.11 bits per heavy atom. The summed E-state index contributed by atoms with van der Waals surface area (Å²) in [7, 11) is -2.35. The number of nitrogens with one attached hydrogen (secondary N) is 3. The van der Waals surface area contributed by atoms with Gasteiger partial charge in [-0.3, -0.25) is 19.1 Å². The van der Waals surface area contributed by atoms with E-state index in [1.165, 1.54) is 11.2 Å². The molecule has 2 aliphatic carbocycles. The van der Waals surface area contributed by atoms with E-state index < -0.39 is 74.3 Å². The number of hydrogen-bond acceptors (Lipinski definition) is 11. The smallest absolute Gasteiger partial charge is 0.408 e. The van der Waals surface area contributed by atoms with E-state index in [4.69, 9.17) is 14.2 Å². The van der Waals surface area contributed by atoms with Crippen molar-refractivity contribution in [1.82, 2.24) is 30.2 Å². The molecule has 2 saturated carbocycles. The molecule has 1 aromatic carbocycles. The van der Waals surface area contributed by atoms with Gasteiger partial charge in [-0.15, -0.1) is 0 Å². The van der Waals surface area contributed by atoms with Crippen molar-refractivity contribution in [2.45, 2.75) is 121 Å². The zero-order valence-corrected chi connectivity index (χ0v) is 32.6. The summed E-state index contributed by atoms with van der Waals surface area (Å²) in [6.45, 7) is 9.23. The van der Waals surface area contributed by atoms with E-state index >= 15 is 0 Å². The molecule has 54 heavy (non-hydrogen) atoms. The van der Waals surface area contributed by atoms with Crippen molar-refractivity contribution in [3.8, 4) is 11.6 Å². The topological polar surface area (TPSA) is 195 Å². The van der Waals surface area contributed by atoms with Gasteiger partial charge < -0.3 is 29.7 Å². The number of methoxy groups -OCH3 is 1. The van der Waals surface area contributed by atoms with Crippen LogP contribution >= 0.6 is 0 Å². The van der Waals surface area contributed by atoms with E-state index in [1.54, 1.807) is 46.1 Å². The fourth-order valence-corrected chi connectivity index (χ4v) is 8.91. The maximum atomic E-state index is 14.9. The van der Waals surface area contributed by atoms with E-state index in [0.717, 1.165) is 6.42 Å². The number of nitrogens with zero attached hydrogens (tertiary/aromatic N) is 3. The molecule has 2 aromatic rings. The van der Waals surface area contributed by atoms with Crippen molar-refractivity contribution in [1.29, 1.82) is 0 Å². The number of fused-ring (bicyclic) bond motifs is 3. The van der Waals surface area contributed by atoms with Gasteiger partial charge >= 0.3 is 6.09 Å². The van der Waals surface area contributed by atoms with Crippen LogP contribution in [-0.2, 0) is 29.1 Å². The molecule has 15 nitrogen and oxygen atoms in total. The number of allylic oxidation sites excluding steroid dienone is 1. The quantitative estimate of drug-likeness (QED) is 0.331. The third kappa shape index (κ3) is 8.74. The molecule has 1 saturated heterocycles. The first-order chi connectivity index (χ1) is 25.5. The molecule has 6 rings (SSSR count). The van der Waals surface area contributed by atoms with Crippen LogP contribution in [0.4, 0.5) is 4.79 Å². The van der Waals surface area contributed by atoms with Crippen LogP contribution in [0.15, 0.2) is 36.7 Å². The summed E-state index contributed by atoms with van der Waals surface area (Å²) in [4.78, 5) is 66.5. The second kappa shape index (κ2) is 15.3. The number of rotatable bonds is 8. The average molecular weight is 769 g/mol. The number of amides is 4. The SMILES string of the molecule is CCC1CC(C)CCC=CC2CC2(C(=O)NS(=O)(=O)C2CC2)NC(=O)C2CC(Oc3ncnc4cc(OC)ccc34)CN2C(=O)C1NC(=O)OC(C)(C)C. The predicted octanol–water partition coefficient (Wildman–Crippen LogP) is 3.77. The Hall–Kier alpha value is -4.47. The van der Waals surface area contributed by atoms with Crippen molar-refractivity contribution in [2.24, 2.45) is 17.8 Å². The molecule has 4 amide bonds. The van der Waals surface area contributed by atoms with Crippen molar-refractivity contribution < 1.29 is 41.8 Å². The third-order valence-electron chi connectivity index (χ3n) is 10.7. The van der Waals surface area contributed by atoms with E-state index in [-0.39, 0.29) is 37.1 Å². The van der Waals surface area contributed by atoms with E-state index in [1.807, 2.05) is 19.1 Å². The molecular weight excluding hydrogens is 717 g/mol. The van der Waals surface area contributed by atoms with Gasteiger partial charge in [-0.05, 0) is 83.3 Å². The van der Waals surface area contributed by atoms with Gasteiger partial charge in [-0.25, -0.2) is 23.2 Å². The highest BCUT2D eigenvalue weighted by molar-refractivity contribution is 7.91. The molecule has 3 fully saturated rings. The lowest BCUT2D eigenvalue weighted by molar-refractivity contribution is -0.142. The molecular formula is C38H52N6O9S. The minimum absolute atomic E-state index is 0.0319. The number of carbonyl (C=O) groups excluding carboxylic acids is 4. The number of benzene rings is 1. The fourth-order valence-electron chi connectivity index (χ4n) is 7.54. The molecule has 1 aromatic heterocycles. The zero-order valence-electron chi connectivity index (χ0n) is 31.8. The predicted molar refractivity (Wildman–Crippen MR) is 199 cm³/mol. The highest BCUT2D eigenvalue weighted by Gasteiger charge is 2.62. The van der Waals surface area contributed by atoms with Crippen LogP contribution in [0.3, 0.4) is 0 Å². The maximum absolute atomic E-state index is 14.9. The highest BCUT2D eigenvalue weighted by Crippen LogP contribution is 2.46. The summed E-state index contributed by atoms with van der Waals surface area (Å²) >= 11 is 0. The van der Waals surface area contributed by atoms with Crippen LogP contribution in [-0.4, -0.2) is 95.3 Å². The van der Waals surface area contributed by atoms with E-state index in [0.29, 0.717) is 48.8 Å². The van der Waals surface area contributed by atoms with Gasteiger partial charge in [0.25, 0.3) is 5.91 Å². The normalized spacial score (nSPS) is 29.2. The summed E-state index contributed by atoms with van der Waals surface area (Å²) in [6.07, 6.45) is 7.53. The molecule has 4 aliphatic rings. The van der Waals surface area contributed by atoms with Crippen LogP contribution in [0.25, 0.3) is 10.9 Å². The number of carbonyl (C=O) groups is 4. The van der Waals surface area contributed by atoms with Crippen LogP contribution in [0.2, 0.25) is 0 Å². The van der Waals surface area contributed by atoms with Gasteiger partial charge in [0.2, 0.25) is 27.7 Å². The van der Waals surface area contributed by atoms with Gasteiger partial charge in [0.05, 0.1) is 29.8 Å². The number of aromatic nitrogens is 2. The molecule has 3 N–H and O–H groups in total. The Labute approximate surface area is 316 Å². The lowest BCUT2D eigenvalue weighted by Gasteiger charge is -2.34. The van der Waals surface area contributed by atoms with Gasteiger partial charge in [0.15, 0.2) is 0 Å². The summed E-state index contributed by atoms with van der Waals surface area (Å²) in [5.74, 6) is -1.64. The number of ether oxygens (including phenoxy) is 3. The molecule has 0 spiro atoms. The first-order valence-electron chi connectivity index (χ1n) is 18.8. The van der Waals surface area contributed by atoms with Crippen molar-refractivity contribution in [2.75, 3.05) is 13.7 Å². The highest BCUT2D eigenvalue weighted by atomic mass is 32.2. The number of sulfonamides is 1. The second-order valence-corrected chi connectivity index (χ2v) is 18.1. The Morgan fingerprint density at radius 3 is 2.56 bits per heavy atom. The van der Waals surface area contributed by atoms with Crippen molar-refractivity contribution >= 4 is 44.7 Å². The van der Waals surface area contributed by atoms with Crippen LogP contribution in [0, 0.1) is 17.8 Å².